The highest BCUT2D eigenvalue weighted by molar-refractivity contribution is 7.20. The van der Waals surface area contributed by atoms with E-state index in [1.54, 1.807) is 13.2 Å². The summed E-state index contributed by atoms with van der Waals surface area (Å²) in [5, 5.41) is 8.50. The predicted octanol–water partition coefficient (Wildman–Crippen LogP) is 3.62. The van der Waals surface area contributed by atoms with Crippen molar-refractivity contribution in [1.29, 1.82) is 0 Å². The highest BCUT2D eigenvalue weighted by atomic mass is 32.1. The first kappa shape index (κ1) is 21.0. The molecule has 1 fully saturated rings. The van der Waals surface area contributed by atoms with Crippen LogP contribution in [-0.2, 0) is 11.3 Å². The first-order valence-electron chi connectivity index (χ1n) is 10.4. The van der Waals surface area contributed by atoms with Gasteiger partial charge in [0.05, 0.1) is 18.4 Å². The first-order valence-corrected chi connectivity index (χ1v) is 11.2. The summed E-state index contributed by atoms with van der Waals surface area (Å²) in [6.07, 6.45) is 1.60. The number of carbonyl (C=O) groups excluding carboxylic acids is 1. The summed E-state index contributed by atoms with van der Waals surface area (Å²) >= 11 is 1.43. The lowest BCUT2D eigenvalue weighted by atomic mass is 10.0. The zero-order valence-corrected chi connectivity index (χ0v) is 19.0. The van der Waals surface area contributed by atoms with E-state index in [1.807, 2.05) is 12.1 Å². The summed E-state index contributed by atoms with van der Waals surface area (Å²) in [4.78, 5) is 21.0. The molecule has 3 aromatic rings. The molecule has 0 radical (unpaired) electrons. The number of nitrogens with one attached hydrogen (secondary N) is 1. The number of aryl methyl sites for hydroxylation is 1. The van der Waals surface area contributed by atoms with Gasteiger partial charge in [0, 0.05) is 61.1 Å². The van der Waals surface area contributed by atoms with E-state index in [-0.39, 0.29) is 12.0 Å². The summed E-state index contributed by atoms with van der Waals surface area (Å²) in [5.74, 6) is -0.0846. The summed E-state index contributed by atoms with van der Waals surface area (Å²) in [6.45, 7) is 11.6. The minimum absolute atomic E-state index is 0.0846. The highest BCUT2D eigenvalue weighted by Crippen LogP contribution is 2.37. The van der Waals surface area contributed by atoms with E-state index in [1.165, 1.54) is 22.6 Å². The van der Waals surface area contributed by atoms with Crippen molar-refractivity contribution >= 4 is 27.5 Å². The monoisotopic (exact) mass is 427 g/mol. The quantitative estimate of drug-likeness (QED) is 0.673. The number of hydrogen-bond acceptors (Lipinski definition) is 6. The minimum Gasteiger partial charge on any atom is -0.371 e. The van der Waals surface area contributed by atoms with Crippen LogP contribution in [0, 0.1) is 13.8 Å². The lowest BCUT2D eigenvalue weighted by Crippen LogP contribution is -2.38. The third-order valence-electron chi connectivity index (χ3n) is 5.76. The van der Waals surface area contributed by atoms with Gasteiger partial charge in [-0.1, -0.05) is 6.07 Å². The molecule has 160 valence electrons. The van der Waals surface area contributed by atoms with Gasteiger partial charge < -0.3 is 10.1 Å². The standard InChI is InChI=1S/C22H29N5O2S/c1-13(2)27-15(4)17(14(3)25-27)11-26-9-10-29-18(12-26)19-16-7-6-8-24-22(16)30-20(19)21(28)23-5/h6-8,13,18H,9-12H2,1-5H3,(H,23,28). The van der Waals surface area contributed by atoms with Gasteiger partial charge in [0.15, 0.2) is 0 Å². The van der Waals surface area contributed by atoms with E-state index >= 15 is 0 Å². The number of thiophene rings is 1. The number of aromatic nitrogens is 3. The summed E-state index contributed by atoms with van der Waals surface area (Å²) in [6, 6.07) is 4.29. The molecule has 7 nitrogen and oxygen atoms in total. The summed E-state index contributed by atoms with van der Waals surface area (Å²) < 4.78 is 8.28. The van der Waals surface area contributed by atoms with Crippen molar-refractivity contribution in [2.45, 2.75) is 46.4 Å². The van der Waals surface area contributed by atoms with Crippen LogP contribution >= 0.6 is 11.3 Å². The number of rotatable bonds is 5. The number of nitrogens with zero attached hydrogens (tertiary/aromatic N) is 4. The molecule has 0 bridgehead atoms. The van der Waals surface area contributed by atoms with E-state index in [9.17, 15) is 4.79 Å². The Bertz CT molecular complexity index is 1070. The average molecular weight is 428 g/mol. The number of morpholine rings is 1. The third kappa shape index (κ3) is 3.75. The Kier molecular flexibility index (Phi) is 5.90. The number of pyridine rings is 1. The Morgan fingerprint density at radius 1 is 1.40 bits per heavy atom. The lowest BCUT2D eigenvalue weighted by molar-refractivity contribution is -0.0324. The molecule has 0 spiro atoms. The molecule has 3 aromatic heterocycles. The van der Waals surface area contributed by atoms with Crippen LogP contribution in [0.4, 0.5) is 0 Å². The maximum absolute atomic E-state index is 12.6. The zero-order valence-electron chi connectivity index (χ0n) is 18.2. The Balaban J connectivity index is 1.63. The van der Waals surface area contributed by atoms with Gasteiger partial charge in [-0.3, -0.25) is 14.4 Å². The molecule has 1 amide bonds. The molecule has 8 heteroatoms. The third-order valence-corrected chi connectivity index (χ3v) is 6.88. The fourth-order valence-corrected chi connectivity index (χ4v) is 5.37. The minimum atomic E-state index is -0.162. The molecule has 4 heterocycles. The van der Waals surface area contributed by atoms with E-state index in [4.69, 9.17) is 9.84 Å². The number of carbonyl (C=O) groups is 1. The molecule has 1 N–H and O–H groups in total. The number of fused-ring (bicyclic) bond motifs is 1. The molecule has 4 rings (SSSR count). The number of hydrogen-bond donors (Lipinski definition) is 1. The molecule has 1 saturated heterocycles. The Morgan fingerprint density at radius 3 is 2.90 bits per heavy atom. The van der Waals surface area contributed by atoms with Crippen molar-refractivity contribution in [3.05, 3.63) is 45.7 Å². The molecule has 1 aliphatic rings. The van der Waals surface area contributed by atoms with E-state index in [0.29, 0.717) is 17.5 Å². The molecule has 1 aliphatic heterocycles. The van der Waals surface area contributed by atoms with Crippen LogP contribution in [-0.4, -0.2) is 52.3 Å². The maximum atomic E-state index is 12.6. The zero-order chi connectivity index (χ0) is 21.4. The van der Waals surface area contributed by atoms with Crippen molar-refractivity contribution in [3.63, 3.8) is 0 Å². The molecule has 30 heavy (non-hydrogen) atoms. The van der Waals surface area contributed by atoms with Crippen LogP contribution in [0.3, 0.4) is 0 Å². The predicted molar refractivity (Wildman–Crippen MR) is 119 cm³/mol. The van der Waals surface area contributed by atoms with E-state index < -0.39 is 0 Å². The van der Waals surface area contributed by atoms with E-state index in [2.05, 4.69) is 47.6 Å². The van der Waals surface area contributed by atoms with E-state index in [0.717, 1.165) is 41.1 Å². The Hall–Kier alpha value is -2.29. The van der Waals surface area contributed by atoms with Gasteiger partial charge in [0.1, 0.15) is 9.71 Å². The Labute approximate surface area is 181 Å². The van der Waals surface area contributed by atoms with Crippen molar-refractivity contribution < 1.29 is 9.53 Å². The van der Waals surface area contributed by atoms with Gasteiger partial charge in [0.2, 0.25) is 0 Å². The van der Waals surface area contributed by atoms with Gasteiger partial charge in [-0.05, 0) is 33.8 Å². The van der Waals surface area contributed by atoms with Crippen LogP contribution in [0.2, 0.25) is 0 Å². The number of ether oxygens (including phenoxy) is 1. The molecule has 0 saturated carbocycles. The van der Waals surface area contributed by atoms with Crippen LogP contribution in [0.25, 0.3) is 10.2 Å². The van der Waals surface area contributed by atoms with Gasteiger partial charge in [-0.15, -0.1) is 11.3 Å². The fraction of sp³-hybridized carbons (Fsp3) is 0.500. The summed E-state index contributed by atoms with van der Waals surface area (Å²) in [5.41, 5.74) is 4.55. The molecule has 0 aliphatic carbocycles. The van der Waals surface area contributed by atoms with Crippen molar-refractivity contribution in [1.82, 2.24) is 25.0 Å². The van der Waals surface area contributed by atoms with Crippen molar-refractivity contribution in [2.75, 3.05) is 26.7 Å². The second kappa shape index (κ2) is 8.45. The SMILES string of the molecule is CNC(=O)c1sc2ncccc2c1C1CN(Cc2c(C)nn(C(C)C)c2C)CCO1. The fourth-order valence-electron chi connectivity index (χ4n) is 4.23. The second-order valence-corrected chi connectivity index (χ2v) is 9.06. The maximum Gasteiger partial charge on any atom is 0.261 e. The average Bonchev–Trinajstić information content (AvgIpc) is 3.26. The molecule has 1 unspecified atom stereocenters. The first-order chi connectivity index (χ1) is 14.4. The van der Waals surface area contributed by atoms with Gasteiger partial charge in [-0.2, -0.15) is 5.10 Å². The highest BCUT2D eigenvalue weighted by Gasteiger charge is 2.30. The second-order valence-electron chi connectivity index (χ2n) is 8.06. The topological polar surface area (TPSA) is 72.3 Å². The molecule has 1 atom stereocenters. The molecule has 0 aromatic carbocycles. The van der Waals surface area contributed by atoms with Gasteiger partial charge >= 0.3 is 0 Å². The van der Waals surface area contributed by atoms with Crippen LogP contribution in [0.1, 0.15) is 58.2 Å². The van der Waals surface area contributed by atoms with Gasteiger partial charge in [-0.25, -0.2) is 4.98 Å². The Morgan fingerprint density at radius 2 is 2.20 bits per heavy atom. The van der Waals surface area contributed by atoms with Crippen LogP contribution in [0.5, 0.6) is 0 Å². The smallest absolute Gasteiger partial charge is 0.261 e. The lowest BCUT2D eigenvalue weighted by Gasteiger charge is -2.33. The molecular weight excluding hydrogens is 398 g/mol. The van der Waals surface area contributed by atoms with Crippen LogP contribution in [0.15, 0.2) is 18.3 Å². The van der Waals surface area contributed by atoms with Crippen molar-refractivity contribution in [2.24, 2.45) is 0 Å². The normalized spacial score (nSPS) is 17.7. The van der Waals surface area contributed by atoms with Crippen LogP contribution < -0.4 is 5.32 Å². The molecular formula is C22H29N5O2S. The summed E-state index contributed by atoms with van der Waals surface area (Å²) in [7, 11) is 1.66. The van der Waals surface area contributed by atoms with Gasteiger partial charge in [0.25, 0.3) is 5.91 Å². The number of amides is 1. The van der Waals surface area contributed by atoms with Crippen molar-refractivity contribution in [3.8, 4) is 0 Å². The largest absolute Gasteiger partial charge is 0.371 e.